The molecule has 2 heteroatoms. The van der Waals surface area contributed by atoms with Crippen LogP contribution in [0, 0.1) is 0 Å². The average molecular weight is 227 g/mol. The summed E-state index contributed by atoms with van der Waals surface area (Å²) in [6.07, 6.45) is 1.52. The second-order valence-electron chi connectivity index (χ2n) is 4.61. The van der Waals surface area contributed by atoms with Gasteiger partial charge < -0.3 is 10.1 Å². The Morgan fingerprint density at radius 1 is 1.12 bits per heavy atom. The molecule has 0 aliphatic carbocycles. The van der Waals surface area contributed by atoms with Crippen LogP contribution in [-0.4, -0.2) is 19.2 Å². The molecule has 2 nitrogen and oxygen atoms in total. The van der Waals surface area contributed by atoms with Crippen molar-refractivity contribution in [1.82, 2.24) is 5.32 Å². The molecule has 17 heavy (non-hydrogen) atoms. The summed E-state index contributed by atoms with van der Waals surface area (Å²) in [7, 11) is 0. The highest BCUT2D eigenvalue weighted by atomic mass is 16.5. The summed E-state index contributed by atoms with van der Waals surface area (Å²) in [5.74, 6) is 0. The lowest BCUT2D eigenvalue weighted by atomic mass is 10.1. The molecule has 0 amide bonds. The Kier molecular flexibility index (Phi) is 3.08. The van der Waals surface area contributed by atoms with Gasteiger partial charge >= 0.3 is 0 Å². The van der Waals surface area contributed by atoms with Gasteiger partial charge in [0.05, 0.1) is 12.7 Å². The van der Waals surface area contributed by atoms with Crippen LogP contribution in [0.1, 0.15) is 12.0 Å². The fourth-order valence-electron chi connectivity index (χ4n) is 2.31. The van der Waals surface area contributed by atoms with Crippen molar-refractivity contribution < 1.29 is 4.74 Å². The lowest BCUT2D eigenvalue weighted by Gasteiger charge is -2.10. The van der Waals surface area contributed by atoms with Crippen molar-refractivity contribution >= 4 is 10.8 Å². The number of fused-ring (bicyclic) bond motifs is 1. The molecule has 88 valence electrons. The monoisotopic (exact) mass is 227 g/mol. The van der Waals surface area contributed by atoms with Crippen LogP contribution in [0.25, 0.3) is 10.8 Å². The van der Waals surface area contributed by atoms with Crippen LogP contribution >= 0.6 is 0 Å². The molecule has 0 bridgehead atoms. The molecule has 1 fully saturated rings. The summed E-state index contributed by atoms with van der Waals surface area (Å²) in [6.45, 7) is 2.80. The second-order valence-corrected chi connectivity index (χ2v) is 4.61. The molecule has 1 aliphatic heterocycles. The summed E-state index contributed by atoms with van der Waals surface area (Å²) in [6, 6.07) is 15.0. The van der Waals surface area contributed by atoms with E-state index in [1.807, 2.05) is 0 Å². The molecule has 1 atom stereocenters. The van der Waals surface area contributed by atoms with E-state index < -0.39 is 0 Å². The third kappa shape index (κ3) is 2.48. The molecule has 1 aliphatic rings. The molecular weight excluding hydrogens is 210 g/mol. The van der Waals surface area contributed by atoms with Crippen molar-refractivity contribution in [2.45, 2.75) is 19.1 Å². The number of benzene rings is 2. The second kappa shape index (κ2) is 4.86. The maximum atomic E-state index is 5.88. The van der Waals surface area contributed by atoms with Crippen molar-refractivity contribution in [3.05, 3.63) is 48.0 Å². The van der Waals surface area contributed by atoms with Crippen LogP contribution in [0.5, 0.6) is 0 Å². The first-order chi connectivity index (χ1) is 8.42. The summed E-state index contributed by atoms with van der Waals surface area (Å²) in [5.41, 5.74) is 1.26. The predicted molar refractivity (Wildman–Crippen MR) is 70.0 cm³/mol. The number of rotatable bonds is 3. The first-order valence-electron chi connectivity index (χ1n) is 6.22. The maximum Gasteiger partial charge on any atom is 0.0721 e. The first kappa shape index (κ1) is 10.8. The summed E-state index contributed by atoms with van der Waals surface area (Å²) >= 11 is 0. The Morgan fingerprint density at radius 3 is 2.82 bits per heavy atom. The predicted octanol–water partition coefficient (Wildman–Crippen LogP) is 2.72. The van der Waals surface area contributed by atoms with E-state index in [1.54, 1.807) is 0 Å². The lowest BCUT2D eigenvalue weighted by molar-refractivity contribution is 0.0543. The Labute approximate surface area is 102 Å². The van der Waals surface area contributed by atoms with E-state index in [4.69, 9.17) is 4.74 Å². The normalized spacial score (nSPS) is 19.9. The molecule has 2 aromatic rings. The third-order valence-electron chi connectivity index (χ3n) is 3.31. The Bertz CT molecular complexity index is 503. The number of hydrogen-bond acceptors (Lipinski definition) is 2. The number of hydrogen-bond donors (Lipinski definition) is 1. The average Bonchev–Trinajstić information content (AvgIpc) is 2.89. The molecular formula is C15H17NO. The van der Waals surface area contributed by atoms with Gasteiger partial charge in [-0.1, -0.05) is 36.4 Å². The van der Waals surface area contributed by atoms with Crippen LogP contribution in [0.4, 0.5) is 0 Å². The standard InChI is InChI=1S/C15H17NO/c1-2-4-14-9-12(5-6-13(14)3-1)11-17-15-7-8-16-10-15/h1-6,9,15-16H,7-8,10-11H2/t15-/m1/s1. The zero-order valence-electron chi connectivity index (χ0n) is 9.86. The van der Waals surface area contributed by atoms with Crippen molar-refractivity contribution in [3.63, 3.8) is 0 Å². The molecule has 0 radical (unpaired) electrons. The van der Waals surface area contributed by atoms with Crippen LogP contribution in [0.3, 0.4) is 0 Å². The molecule has 1 heterocycles. The van der Waals surface area contributed by atoms with Crippen LogP contribution in [0.15, 0.2) is 42.5 Å². The fraction of sp³-hybridized carbons (Fsp3) is 0.333. The van der Waals surface area contributed by atoms with Crippen molar-refractivity contribution in [3.8, 4) is 0 Å². The van der Waals surface area contributed by atoms with E-state index in [0.717, 1.165) is 26.1 Å². The van der Waals surface area contributed by atoms with Gasteiger partial charge in [0.1, 0.15) is 0 Å². The van der Waals surface area contributed by atoms with Gasteiger partial charge in [0.25, 0.3) is 0 Å². The van der Waals surface area contributed by atoms with Gasteiger partial charge in [0, 0.05) is 6.54 Å². The fourth-order valence-corrected chi connectivity index (χ4v) is 2.31. The zero-order valence-corrected chi connectivity index (χ0v) is 9.86. The summed E-state index contributed by atoms with van der Waals surface area (Å²) in [5, 5.41) is 5.89. The first-order valence-corrected chi connectivity index (χ1v) is 6.22. The van der Waals surface area contributed by atoms with Gasteiger partial charge in [-0.3, -0.25) is 0 Å². The highest BCUT2D eigenvalue weighted by Crippen LogP contribution is 2.17. The topological polar surface area (TPSA) is 21.3 Å². The quantitative estimate of drug-likeness (QED) is 0.870. The summed E-state index contributed by atoms with van der Waals surface area (Å²) < 4.78 is 5.88. The van der Waals surface area contributed by atoms with E-state index in [0.29, 0.717) is 6.10 Å². The molecule has 2 aromatic carbocycles. The van der Waals surface area contributed by atoms with Crippen LogP contribution < -0.4 is 5.32 Å². The van der Waals surface area contributed by atoms with E-state index >= 15 is 0 Å². The van der Waals surface area contributed by atoms with Gasteiger partial charge in [0.2, 0.25) is 0 Å². The largest absolute Gasteiger partial charge is 0.372 e. The van der Waals surface area contributed by atoms with Gasteiger partial charge in [-0.2, -0.15) is 0 Å². The molecule has 0 spiro atoms. The van der Waals surface area contributed by atoms with E-state index in [-0.39, 0.29) is 0 Å². The van der Waals surface area contributed by atoms with Crippen molar-refractivity contribution in [2.75, 3.05) is 13.1 Å². The minimum absolute atomic E-state index is 0.390. The zero-order chi connectivity index (χ0) is 11.5. The van der Waals surface area contributed by atoms with E-state index in [9.17, 15) is 0 Å². The Morgan fingerprint density at radius 2 is 2.00 bits per heavy atom. The number of nitrogens with one attached hydrogen (secondary N) is 1. The van der Waals surface area contributed by atoms with Gasteiger partial charge in [-0.05, 0) is 35.4 Å². The van der Waals surface area contributed by atoms with E-state index in [2.05, 4.69) is 47.8 Å². The van der Waals surface area contributed by atoms with E-state index in [1.165, 1.54) is 16.3 Å². The van der Waals surface area contributed by atoms with Crippen molar-refractivity contribution in [2.24, 2.45) is 0 Å². The number of ether oxygens (including phenoxy) is 1. The van der Waals surface area contributed by atoms with Gasteiger partial charge in [-0.25, -0.2) is 0 Å². The van der Waals surface area contributed by atoms with Gasteiger partial charge in [0.15, 0.2) is 0 Å². The van der Waals surface area contributed by atoms with Gasteiger partial charge in [-0.15, -0.1) is 0 Å². The highest BCUT2D eigenvalue weighted by molar-refractivity contribution is 5.82. The molecule has 1 saturated heterocycles. The molecule has 3 rings (SSSR count). The third-order valence-corrected chi connectivity index (χ3v) is 3.31. The van der Waals surface area contributed by atoms with Crippen molar-refractivity contribution in [1.29, 1.82) is 0 Å². The molecule has 1 N–H and O–H groups in total. The molecule has 0 saturated carbocycles. The highest BCUT2D eigenvalue weighted by Gasteiger charge is 2.14. The molecule has 0 unspecified atom stereocenters. The summed E-state index contributed by atoms with van der Waals surface area (Å²) in [4.78, 5) is 0. The molecule has 0 aromatic heterocycles. The Hall–Kier alpha value is -1.38. The minimum Gasteiger partial charge on any atom is -0.372 e. The lowest BCUT2D eigenvalue weighted by Crippen LogP contribution is -2.16. The minimum atomic E-state index is 0.390. The maximum absolute atomic E-state index is 5.88. The van der Waals surface area contributed by atoms with Crippen LogP contribution in [-0.2, 0) is 11.3 Å². The smallest absolute Gasteiger partial charge is 0.0721 e. The Balaban J connectivity index is 1.72. The SMILES string of the molecule is c1ccc2cc(CO[C@@H]3CCNC3)ccc2c1. The van der Waals surface area contributed by atoms with Crippen LogP contribution in [0.2, 0.25) is 0 Å².